The predicted octanol–water partition coefficient (Wildman–Crippen LogP) is 1.71. The van der Waals surface area contributed by atoms with Crippen molar-refractivity contribution in [2.75, 3.05) is 13.6 Å². The van der Waals surface area contributed by atoms with Gasteiger partial charge in [0.05, 0.1) is 18.2 Å². The Bertz CT molecular complexity index is 621. The molecular formula is C12H13ClN6S. The van der Waals surface area contributed by atoms with Crippen LogP contribution in [0.15, 0.2) is 23.4 Å². The van der Waals surface area contributed by atoms with Gasteiger partial charge in [-0.25, -0.2) is 4.68 Å². The number of nitriles is 1. The zero-order valence-electron chi connectivity index (χ0n) is 10.9. The van der Waals surface area contributed by atoms with Gasteiger partial charge in [-0.15, -0.1) is 5.10 Å². The largest absolute Gasteiger partial charge is 0.318 e. The van der Waals surface area contributed by atoms with Gasteiger partial charge in [-0.1, -0.05) is 29.4 Å². The van der Waals surface area contributed by atoms with Gasteiger partial charge in [-0.2, -0.15) is 5.26 Å². The summed E-state index contributed by atoms with van der Waals surface area (Å²) >= 11 is 7.66. The van der Waals surface area contributed by atoms with Crippen LogP contribution in [0.4, 0.5) is 0 Å². The van der Waals surface area contributed by atoms with E-state index < -0.39 is 0 Å². The molecule has 0 aliphatic rings. The van der Waals surface area contributed by atoms with Gasteiger partial charge in [0.15, 0.2) is 0 Å². The minimum absolute atomic E-state index is 0.558. The first kappa shape index (κ1) is 14.8. The molecule has 1 N–H and O–H groups in total. The van der Waals surface area contributed by atoms with E-state index in [1.54, 1.807) is 16.8 Å². The summed E-state index contributed by atoms with van der Waals surface area (Å²) in [6, 6.07) is 7.34. The van der Waals surface area contributed by atoms with Crippen molar-refractivity contribution in [3.05, 3.63) is 34.3 Å². The standard InChI is InChI=1S/C12H13ClN6S/c1-15-4-5-19-12(16-17-18-19)20-8-10-3-2-9(7-14)6-11(10)13/h2-3,6,15H,4-5,8H2,1H3. The number of likely N-dealkylation sites (N-methyl/N-ethyl adjacent to an activating group) is 1. The van der Waals surface area contributed by atoms with Gasteiger partial charge in [0.2, 0.25) is 5.16 Å². The predicted molar refractivity (Wildman–Crippen MR) is 77.5 cm³/mol. The van der Waals surface area contributed by atoms with E-state index in [1.165, 1.54) is 11.8 Å². The number of nitrogens with zero attached hydrogens (tertiary/aromatic N) is 5. The summed E-state index contributed by atoms with van der Waals surface area (Å²) in [5.41, 5.74) is 1.52. The smallest absolute Gasteiger partial charge is 0.209 e. The summed E-state index contributed by atoms with van der Waals surface area (Å²) in [6.45, 7) is 1.52. The molecule has 1 aromatic heterocycles. The molecule has 1 heterocycles. The molecule has 6 nitrogen and oxygen atoms in total. The first-order valence-electron chi connectivity index (χ1n) is 5.96. The molecule has 0 unspecified atom stereocenters. The van der Waals surface area contributed by atoms with Crippen molar-refractivity contribution in [3.8, 4) is 6.07 Å². The zero-order valence-corrected chi connectivity index (χ0v) is 12.4. The third kappa shape index (κ3) is 3.70. The van der Waals surface area contributed by atoms with E-state index in [1.807, 2.05) is 13.1 Å². The van der Waals surface area contributed by atoms with Crippen LogP contribution in [0.1, 0.15) is 11.1 Å². The molecule has 0 radical (unpaired) electrons. The summed E-state index contributed by atoms with van der Waals surface area (Å²) in [4.78, 5) is 0. The lowest BCUT2D eigenvalue weighted by Crippen LogP contribution is -2.16. The Kier molecular flexibility index (Phi) is 5.35. The number of hydrogen-bond acceptors (Lipinski definition) is 6. The topological polar surface area (TPSA) is 79.4 Å². The van der Waals surface area contributed by atoms with Crippen molar-refractivity contribution in [1.29, 1.82) is 5.26 Å². The molecular weight excluding hydrogens is 296 g/mol. The summed E-state index contributed by atoms with van der Waals surface area (Å²) in [5.74, 6) is 0.657. The number of rotatable bonds is 6. The van der Waals surface area contributed by atoms with Gasteiger partial charge >= 0.3 is 0 Å². The van der Waals surface area contributed by atoms with Crippen molar-refractivity contribution >= 4 is 23.4 Å². The normalized spacial score (nSPS) is 10.4. The highest BCUT2D eigenvalue weighted by Gasteiger charge is 2.08. The zero-order chi connectivity index (χ0) is 14.4. The average Bonchev–Trinajstić information content (AvgIpc) is 2.91. The molecule has 0 aliphatic heterocycles. The minimum atomic E-state index is 0.558. The Hall–Kier alpha value is -1.62. The Balaban J connectivity index is 2.02. The highest BCUT2D eigenvalue weighted by atomic mass is 35.5. The molecule has 1 aromatic carbocycles. The number of halogens is 1. The van der Waals surface area contributed by atoms with Gasteiger partial charge in [0, 0.05) is 17.3 Å². The van der Waals surface area contributed by atoms with Crippen LogP contribution in [0.5, 0.6) is 0 Å². The van der Waals surface area contributed by atoms with E-state index in [9.17, 15) is 0 Å². The van der Waals surface area contributed by atoms with E-state index >= 15 is 0 Å². The molecule has 0 bridgehead atoms. The van der Waals surface area contributed by atoms with Gasteiger partial charge in [-0.05, 0) is 35.2 Å². The SMILES string of the molecule is CNCCn1nnnc1SCc1ccc(C#N)cc1Cl. The number of thioether (sulfide) groups is 1. The maximum atomic E-state index is 8.80. The fourth-order valence-electron chi connectivity index (χ4n) is 1.53. The van der Waals surface area contributed by atoms with Crippen LogP contribution >= 0.6 is 23.4 Å². The van der Waals surface area contributed by atoms with Crippen LogP contribution in [-0.2, 0) is 12.3 Å². The minimum Gasteiger partial charge on any atom is -0.318 e. The highest BCUT2D eigenvalue weighted by molar-refractivity contribution is 7.98. The van der Waals surface area contributed by atoms with Gasteiger partial charge in [0.1, 0.15) is 0 Å². The Morgan fingerprint density at radius 2 is 2.35 bits per heavy atom. The van der Waals surface area contributed by atoms with Crippen molar-refractivity contribution < 1.29 is 0 Å². The van der Waals surface area contributed by atoms with Crippen molar-refractivity contribution in [3.63, 3.8) is 0 Å². The van der Waals surface area contributed by atoms with Crippen LogP contribution in [-0.4, -0.2) is 33.8 Å². The second-order valence-corrected chi connectivity index (χ2v) is 5.34. The Morgan fingerprint density at radius 3 is 3.05 bits per heavy atom. The fourth-order valence-corrected chi connectivity index (χ4v) is 2.77. The average molecular weight is 309 g/mol. The van der Waals surface area contributed by atoms with Crippen LogP contribution in [0.25, 0.3) is 0 Å². The number of hydrogen-bond donors (Lipinski definition) is 1. The molecule has 0 saturated carbocycles. The third-order valence-electron chi connectivity index (χ3n) is 2.61. The van der Waals surface area contributed by atoms with Crippen LogP contribution in [0, 0.1) is 11.3 Å². The molecule has 0 aliphatic carbocycles. The Morgan fingerprint density at radius 1 is 1.50 bits per heavy atom. The number of tetrazole rings is 1. The second-order valence-electron chi connectivity index (χ2n) is 3.99. The van der Waals surface area contributed by atoms with Crippen LogP contribution in [0.2, 0.25) is 5.02 Å². The first-order chi connectivity index (χ1) is 9.74. The lowest BCUT2D eigenvalue weighted by atomic mass is 10.2. The number of nitrogens with one attached hydrogen (secondary N) is 1. The summed E-state index contributed by atoms with van der Waals surface area (Å²) in [6.07, 6.45) is 0. The molecule has 2 aromatic rings. The van der Waals surface area contributed by atoms with Crippen molar-refractivity contribution in [2.45, 2.75) is 17.5 Å². The van der Waals surface area contributed by atoms with Crippen molar-refractivity contribution in [2.24, 2.45) is 0 Å². The van der Waals surface area contributed by atoms with Crippen molar-refractivity contribution in [1.82, 2.24) is 25.5 Å². The van der Waals surface area contributed by atoms with E-state index in [0.29, 0.717) is 22.9 Å². The highest BCUT2D eigenvalue weighted by Crippen LogP contribution is 2.25. The lowest BCUT2D eigenvalue weighted by molar-refractivity contribution is 0.530. The molecule has 0 fully saturated rings. The number of benzene rings is 1. The maximum absolute atomic E-state index is 8.80. The van der Waals surface area contributed by atoms with Crippen LogP contribution in [0.3, 0.4) is 0 Å². The molecule has 0 saturated heterocycles. The molecule has 20 heavy (non-hydrogen) atoms. The maximum Gasteiger partial charge on any atom is 0.209 e. The fraction of sp³-hybridized carbons (Fsp3) is 0.333. The third-order valence-corrected chi connectivity index (χ3v) is 3.97. The lowest BCUT2D eigenvalue weighted by Gasteiger charge is -2.05. The van der Waals surface area contributed by atoms with Gasteiger partial charge < -0.3 is 5.32 Å². The molecule has 8 heteroatoms. The quantitative estimate of drug-likeness (QED) is 0.818. The molecule has 0 amide bonds. The summed E-state index contributed by atoms with van der Waals surface area (Å²) in [7, 11) is 1.88. The van der Waals surface area contributed by atoms with E-state index in [-0.39, 0.29) is 0 Å². The second kappa shape index (κ2) is 7.24. The summed E-state index contributed by atoms with van der Waals surface area (Å²) < 4.78 is 1.75. The van der Waals surface area contributed by atoms with Gasteiger partial charge in [-0.3, -0.25) is 0 Å². The van der Waals surface area contributed by atoms with Crippen LogP contribution < -0.4 is 5.32 Å². The van der Waals surface area contributed by atoms with Gasteiger partial charge in [0.25, 0.3) is 0 Å². The van der Waals surface area contributed by atoms with E-state index in [0.717, 1.165) is 17.3 Å². The molecule has 104 valence electrons. The molecule has 0 spiro atoms. The monoisotopic (exact) mass is 308 g/mol. The molecule has 0 atom stereocenters. The molecule has 2 rings (SSSR count). The van der Waals surface area contributed by atoms with E-state index in [4.69, 9.17) is 16.9 Å². The summed E-state index contributed by atoms with van der Waals surface area (Å²) in [5, 5.41) is 24.8. The number of aromatic nitrogens is 4. The first-order valence-corrected chi connectivity index (χ1v) is 7.33. The Labute approximate surface area is 126 Å². The van der Waals surface area contributed by atoms with E-state index in [2.05, 4.69) is 26.9 Å².